The van der Waals surface area contributed by atoms with Gasteiger partial charge in [0, 0.05) is 13.1 Å². The molecular formula is C17H21F3N2O4. The van der Waals surface area contributed by atoms with Gasteiger partial charge in [-0.3, -0.25) is 4.79 Å². The average molecular weight is 374 g/mol. The molecule has 0 aromatic heterocycles. The summed E-state index contributed by atoms with van der Waals surface area (Å²) < 4.78 is 44.5. The number of nitrogens with zero attached hydrogens (tertiary/aromatic N) is 1. The summed E-state index contributed by atoms with van der Waals surface area (Å²) >= 11 is 0. The number of amides is 2. The number of aliphatic carboxylic acids is 1. The topological polar surface area (TPSA) is 78.9 Å². The molecule has 1 unspecified atom stereocenters. The highest BCUT2D eigenvalue weighted by molar-refractivity contribution is 5.77. The molecule has 1 aromatic carbocycles. The lowest BCUT2D eigenvalue weighted by molar-refractivity contribution is -0.187. The van der Waals surface area contributed by atoms with Gasteiger partial charge in [0.25, 0.3) is 0 Å². The molecule has 26 heavy (non-hydrogen) atoms. The molecule has 2 N–H and O–H groups in total. The standard InChI is InChI=1S/C17H21F3N2O4/c1-10-3-5-12(6-4-10)26-11(2)7-21-16(25)22-8-13(15(23)24)14(9-22)17(18,19)20/h3-6,11,13-14H,7-9H2,1-2H3,(H,21,25)(H,23,24)/t11?,13-,14-/m1/s1. The number of aryl methyl sites for hydroxylation is 1. The maximum atomic E-state index is 13.0. The molecule has 1 heterocycles. The van der Waals surface area contributed by atoms with E-state index in [1.807, 2.05) is 19.1 Å². The van der Waals surface area contributed by atoms with Gasteiger partial charge in [0.2, 0.25) is 0 Å². The average Bonchev–Trinajstić information content (AvgIpc) is 3.01. The summed E-state index contributed by atoms with van der Waals surface area (Å²) in [4.78, 5) is 24.0. The number of benzene rings is 1. The van der Waals surface area contributed by atoms with E-state index in [-0.39, 0.29) is 6.54 Å². The van der Waals surface area contributed by atoms with E-state index in [0.717, 1.165) is 10.5 Å². The van der Waals surface area contributed by atoms with Crippen LogP contribution in [0.1, 0.15) is 12.5 Å². The molecule has 1 aromatic rings. The van der Waals surface area contributed by atoms with Gasteiger partial charge < -0.3 is 20.1 Å². The zero-order valence-electron chi connectivity index (χ0n) is 14.4. The van der Waals surface area contributed by atoms with Gasteiger partial charge in [-0.25, -0.2) is 4.79 Å². The van der Waals surface area contributed by atoms with E-state index >= 15 is 0 Å². The van der Waals surface area contributed by atoms with Crippen molar-refractivity contribution in [1.82, 2.24) is 10.2 Å². The van der Waals surface area contributed by atoms with Crippen molar-refractivity contribution in [2.45, 2.75) is 26.1 Å². The zero-order chi connectivity index (χ0) is 19.5. The number of likely N-dealkylation sites (tertiary alicyclic amines) is 1. The van der Waals surface area contributed by atoms with Crippen LogP contribution in [-0.2, 0) is 4.79 Å². The van der Waals surface area contributed by atoms with Crippen LogP contribution in [-0.4, -0.2) is 53.9 Å². The predicted octanol–water partition coefficient (Wildman–Crippen LogP) is 2.67. The van der Waals surface area contributed by atoms with E-state index < -0.39 is 49.2 Å². The maximum absolute atomic E-state index is 13.0. The van der Waals surface area contributed by atoms with E-state index in [0.29, 0.717) is 5.75 Å². The largest absolute Gasteiger partial charge is 0.489 e. The van der Waals surface area contributed by atoms with Crippen molar-refractivity contribution in [2.75, 3.05) is 19.6 Å². The van der Waals surface area contributed by atoms with E-state index in [1.165, 1.54) is 0 Å². The number of alkyl halides is 3. The third-order valence-electron chi connectivity index (χ3n) is 4.24. The fourth-order valence-electron chi connectivity index (χ4n) is 2.79. The number of hydrogen-bond acceptors (Lipinski definition) is 3. The Morgan fingerprint density at radius 2 is 1.92 bits per heavy atom. The molecule has 1 aliphatic rings. The first kappa shape index (κ1) is 19.9. The fraction of sp³-hybridized carbons (Fsp3) is 0.529. The number of carboxylic acid groups (broad SMARTS) is 1. The Labute approximate surface area is 148 Å². The number of carbonyl (C=O) groups is 2. The van der Waals surface area contributed by atoms with Gasteiger partial charge in [-0.2, -0.15) is 13.2 Å². The maximum Gasteiger partial charge on any atom is 0.394 e. The van der Waals surface area contributed by atoms with E-state index in [2.05, 4.69) is 5.32 Å². The van der Waals surface area contributed by atoms with Crippen molar-refractivity contribution in [3.63, 3.8) is 0 Å². The molecule has 0 saturated carbocycles. The summed E-state index contributed by atoms with van der Waals surface area (Å²) in [5, 5.41) is 11.5. The van der Waals surface area contributed by atoms with Crippen LogP contribution in [0.4, 0.5) is 18.0 Å². The summed E-state index contributed by atoms with van der Waals surface area (Å²) in [6, 6.07) is 6.56. The van der Waals surface area contributed by atoms with Gasteiger partial charge in [0.15, 0.2) is 0 Å². The third kappa shape index (κ3) is 5.03. The summed E-state index contributed by atoms with van der Waals surface area (Å²) in [5.74, 6) is -4.66. The smallest absolute Gasteiger partial charge is 0.394 e. The van der Waals surface area contributed by atoms with Gasteiger partial charge in [0.1, 0.15) is 11.9 Å². The normalized spacial score (nSPS) is 21.3. The van der Waals surface area contributed by atoms with Crippen molar-refractivity contribution < 1.29 is 32.6 Å². The SMILES string of the molecule is Cc1ccc(OC(C)CNC(=O)N2C[C@@H](C(F)(F)F)[C@H](C(=O)O)C2)cc1. The molecule has 2 rings (SSSR count). The summed E-state index contributed by atoms with van der Waals surface area (Å²) in [6.45, 7) is 2.58. The van der Waals surface area contributed by atoms with Gasteiger partial charge in [0.05, 0.1) is 18.4 Å². The minimum absolute atomic E-state index is 0.0810. The van der Waals surface area contributed by atoms with Gasteiger partial charge in [-0.05, 0) is 26.0 Å². The summed E-state index contributed by atoms with van der Waals surface area (Å²) in [5.41, 5.74) is 1.07. The van der Waals surface area contributed by atoms with Crippen molar-refractivity contribution in [3.05, 3.63) is 29.8 Å². The number of urea groups is 1. The van der Waals surface area contributed by atoms with Crippen LogP contribution >= 0.6 is 0 Å². The summed E-state index contributed by atoms with van der Waals surface area (Å²) in [6.07, 6.45) is -5.07. The minimum atomic E-state index is -4.67. The third-order valence-corrected chi connectivity index (χ3v) is 4.24. The molecule has 1 aliphatic heterocycles. The molecule has 3 atom stereocenters. The fourth-order valence-corrected chi connectivity index (χ4v) is 2.79. The second-order valence-corrected chi connectivity index (χ2v) is 6.43. The van der Waals surface area contributed by atoms with Crippen LogP contribution in [0.25, 0.3) is 0 Å². The Hall–Kier alpha value is -2.45. The van der Waals surface area contributed by atoms with Crippen molar-refractivity contribution in [1.29, 1.82) is 0 Å². The minimum Gasteiger partial charge on any atom is -0.489 e. The van der Waals surface area contributed by atoms with E-state index in [9.17, 15) is 22.8 Å². The van der Waals surface area contributed by atoms with E-state index in [1.54, 1.807) is 19.1 Å². The number of nitrogens with one attached hydrogen (secondary N) is 1. The molecular weight excluding hydrogens is 353 g/mol. The molecule has 2 amide bonds. The van der Waals surface area contributed by atoms with Gasteiger partial charge in [-0.15, -0.1) is 0 Å². The molecule has 9 heteroatoms. The highest BCUT2D eigenvalue weighted by Gasteiger charge is 2.53. The predicted molar refractivity (Wildman–Crippen MR) is 86.9 cm³/mol. The van der Waals surface area contributed by atoms with Crippen LogP contribution in [0, 0.1) is 18.8 Å². The second-order valence-electron chi connectivity index (χ2n) is 6.43. The molecule has 0 bridgehead atoms. The highest BCUT2D eigenvalue weighted by Crippen LogP contribution is 2.37. The van der Waals surface area contributed by atoms with Crippen molar-refractivity contribution >= 4 is 12.0 Å². The van der Waals surface area contributed by atoms with E-state index in [4.69, 9.17) is 9.84 Å². The van der Waals surface area contributed by atoms with Crippen molar-refractivity contribution in [3.8, 4) is 5.75 Å². The molecule has 0 aliphatic carbocycles. The zero-order valence-corrected chi connectivity index (χ0v) is 14.4. The molecule has 1 saturated heterocycles. The number of rotatable bonds is 5. The number of hydrogen-bond donors (Lipinski definition) is 2. The lowest BCUT2D eigenvalue weighted by Gasteiger charge is -2.20. The Balaban J connectivity index is 1.87. The van der Waals surface area contributed by atoms with Crippen molar-refractivity contribution in [2.24, 2.45) is 11.8 Å². The van der Waals surface area contributed by atoms with Crippen LogP contribution in [0.5, 0.6) is 5.75 Å². The number of ether oxygens (including phenoxy) is 1. The number of carboxylic acids is 1. The van der Waals surface area contributed by atoms with Crippen LogP contribution in [0.15, 0.2) is 24.3 Å². The first-order valence-corrected chi connectivity index (χ1v) is 8.13. The lowest BCUT2D eigenvalue weighted by atomic mass is 9.96. The van der Waals surface area contributed by atoms with Crippen LogP contribution in [0.3, 0.4) is 0 Å². The Morgan fingerprint density at radius 1 is 1.31 bits per heavy atom. The highest BCUT2D eigenvalue weighted by atomic mass is 19.4. The number of halogens is 3. The quantitative estimate of drug-likeness (QED) is 0.831. The van der Waals surface area contributed by atoms with Gasteiger partial charge >= 0.3 is 18.2 Å². The Bertz CT molecular complexity index is 648. The monoisotopic (exact) mass is 374 g/mol. The molecule has 1 fully saturated rings. The molecule has 6 nitrogen and oxygen atoms in total. The second kappa shape index (κ2) is 7.84. The van der Waals surface area contributed by atoms with Crippen LogP contribution < -0.4 is 10.1 Å². The molecule has 0 radical (unpaired) electrons. The summed E-state index contributed by atoms with van der Waals surface area (Å²) in [7, 11) is 0. The molecule has 0 spiro atoms. The molecule has 144 valence electrons. The number of carbonyl (C=O) groups excluding carboxylic acids is 1. The lowest BCUT2D eigenvalue weighted by Crippen LogP contribution is -2.43. The Morgan fingerprint density at radius 3 is 2.42 bits per heavy atom. The van der Waals surface area contributed by atoms with Gasteiger partial charge in [-0.1, -0.05) is 17.7 Å². The Kier molecular flexibility index (Phi) is 5.99. The van der Waals surface area contributed by atoms with Crippen LogP contribution in [0.2, 0.25) is 0 Å². The first-order chi connectivity index (χ1) is 12.1. The first-order valence-electron chi connectivity index (χ1n) is 8.13.